The summed E-state index contributed by atoms with van der Waals surface area (Å²) in [5.41, 5.74) is 1.16. The number of methoxy groups -OCH3 is 2. The minimum atomic E-state index is -3.64. The lowest BCUT2D eigenvalue weighted by Crippen LogP contribution is -2.36. The van der Waals surface area contributed by atoms with Crippen LogP contribution in [-0.2, 0) is 21.2 Å². The number of nitrogens with zero attached hydrogens (tertiary/aromatic N) is 1. The van der Waals surface area contributed by atoms with Gasteiger partial charge in [0, 0.05) is 19.5 Å². The molecule has 1 heterocycles. The lowest BCUT2D eigenvalue weighted by Gasteiger charge is -2.26. The Morgan fingerprint density at radius 1 is 1.00 bits per heavy atom. The number of carbonyl (C=O) groups excluding carboxylic acids is 1. The van der Waals surface area contributed by atoms with Crippen molar-refractivity contribution in [1.29, 1.82) is 0 Å². The van der Waals surface area contributed by atoms with E-state index >= 15 is 0 Å². The number of amides is 1. The van der Waals surface area contributed by atoms with Crippen LogP contribution in [-0.4, -0.2) is 45.9 Å². The van der Waals surface area contributed by atoms with E-state index in [-0.39, 0.29) is 17.2 Å². The van der Waals surface area contributed by atoms with Gasteiger partial charge in [0.15, 0.2) is 11.5 Å². The molecule has 30 heavy (non-hydrogen) atoms. The largest absolute Gasteiger partial charge is 0.493 e. The summed E-state index contributed by atoms with van der Waals surface area (Å²) in [5.74, 6) is 0.940. The third kappa shape index (κ3) is 4.94. The zero-order chi connectivity index (χ0) is 21.6. The number of para-hydroxylation sites is 2. The van der Waals surface area contributed by atoms with Crippen molar-refractivity contribution in [2.45, 2.75) is 37.0 Å². The normalized spacial score (nSPS) is 14.9. The Hall–Kier alpha value is -2.58. The molecule has 8 heteroatoms. The van der Waals surface area contributed by atoms with Crippen LogP contribution in [0.3, 0.4) is 0 Å². The molecule has 0 radical (unpaired) electrons. The van der Waals surface area contributed by atoms with Crippen molar-refractivity contribution in [2.75, 3.05) is 32.6 Å². The molecule has 0 bridgehead atoms. The second-order valence-corrected chi connectivity index (χ2v) is 9.07. The fraction of sp³-hybridized carbons (Fsp3) is 0.409. The zero-order valence-corrected chi connectivity index (χ0v) is 18.2. The Morgan fingerprint density at radius 3 is 2.43 bits per heavy atom. The SMILES string of the molecule is COc1cccc(CCC(=O)Nc2ccccc2S(=O)(=O)N2CCCCC2)c1OC. The number of anilines is 1. The van der Waals surface area contributed by atoms with Crippen LogP contribution in [0.2, 0.25) is 0 Å². The van der Waals surface area contributed by atoms with Crippen LogP contribution in [0, 0.1) is 0 Å². The molecular formula is C22H28N2O5S. The second-order valence-electron chi connectivity index (χ2n) is 7.16. The molecule has 0 aliphatic carbocycles. The number of ether oxygens (including phenoxy) is 2. The quantitative estimate of drug-likeness (QED) is 0.691. The van der Waals surface area contributed by atoms with Crippen molar-refractivity contribution in [3.8, 4) is 11.5 Å². The van der Waals surface area contributed by atoms with Gasteiger partial charge in [0.1, 0.15) is 4.90 Å². The molecule has 1 amide bonds. The van der Waals surface area contributed by atoms with Gasteiger partial charge in [-0.15, -0.1) is 0 Å². The highest BCUT2D eigenvalue weighted by Gasteiger charge is 2.28. The van der Waals surface area contributed by atoms with Gasteiger partial charge in [-0.25, -0.2) is 8.42 Å². The number of aryl methyl sites for hydroxylation is 1. The highest BCUT2D eigenvalue weighted by molar-refractivity contribution is 7.89. The van der Waals surface area contributed by atoms with Crippen LogP contribution in [0.5, 0.6) is 11.5 Å². The van der Waals surface area contributed by atoms with Crippen molar-refractivity contribution >= 4 is 21.6 Å². The van der Waals surface area contributed by atoms with E-state index in [4.69, 9.17) is 9.47 Å². The molecule has 0 aromatic heterocycles. The van der Waals surface area contributed by atoms with E-state index in [0.29, 0.717) is 36.7 Å². The molecule has 0 unspecified atom stereocenters. The lowest BCUT2D eigenvalue weighted by atomic mass is 10.1. The molecule has 1 fully saturated rings. The first kappa shape index (κ1) is 22.1. The minimum absolute atomic E-state index is 0.138. The second kappa shape index (κ2) is 9.95. The Labute approximate surface area is 178 Å². The molecule has 2 aromatic carbocycles. The first-order valence-electron chi connectivity index (χ1n) is 10.1. The van der Waals surface area contributed by atoms with Crippen molar-refractivity contribution in [1.82, 2.24) is 4.31 Å². The van der Waals surface area contributed by atoms with Crippen LogP contribution in [0.15, 0.2) is 47.4 Å². The maximum absolute atomic E-state index is 13.1. The maximum atomic E-state index is 13.1. The molecule has 2 aromatic rings. The van der Waals surface area contributed by atoms with E-state index in [1.165, 1.54) is 4.31 Å². The number of benzene rings is 2. The van der Waals surface area contributed by atoms with E-state index < -0.39 is 10.0 Å². The first-order chi connectivity index (χ1) is 14.5. The highest BCUT2D eigenvalue weighted by Crippen LogP contribution is 2.32. The molecule has 1 N–H and O–H groups in total. The van der Waals surface area contributed by atoms with E-state index in [2.05, 4.69) is 5.32 Å². The van der Waals surface area contributed by atoms with Gasteiger partial charge in [-0.3, -0.25) is 4.79 Å². The summed E-state index contributed by atoms with van der Waals surface area (Å²) in [5, 5.41) is 2.78. The molecule has 0 spiro atoms. The lowest BCUT2D eigenvalue weighted by molar-refractivity contribution is -0.116. The first-order valence-corrected chi connectivity index (χ1v) is 11.5. The number of rotatable bonds is 8. The Balaban J connectivity index is 1.72. The molecule has 0 atom stereocenters. The average molecular weight is 433 g/mol. The van der Waals surface area contributed by atoms with Gasteiger partial charge in [-0.05, 0) is 43.0 Å². The summed E-state index contributed by atoms with van der Waals surface area (Å²) in [6.45, 7) is 1.03. The number of hydrogen-bond acceptors (Lipinski definition) is 5. The van der Waals surface area contributed by atoms with E-state index in [0.717, 1.165) is 24.8 Å². The van der Waals surface area contributed by atoms with Gasteiger partial charge in [0.25, 0.3) is 0 Å². The number of hydrogen-bond donors (Lipinski definition) is 1. The van der Waals surface area contributed by atoms with E-state index in [1.807, 2.05) is 12.1 Å². The van der Waals surface area contributed by atoms with Crippen LogP contribution in [0.4, 0.5) is 5.69 Å². The monoisotopic (exact) mass is 432 g/mol. The van der Waals surface area contributed by atoms with Crippen molar-refractivity contribution in [2.24, 2.45) is 0 Å². The standard InChI is InChI=1S/C22H28N2O5S/c1-28-19-11-8-9-17(22(19)29-2)13-14-21(25)23-18-10-4-5-12-20(18)30(26,27)24-15-6-3-7-16-24/h4-5,8-12H,3,6-7,13-16H2,1-2H3,(H,23,25). The highest BCUT2D eigenvalue weighted by atomic mass is 32.2. The van der Waals surface area contributed by atoms with Gasteiger partial charge in [0.05, 0.1) is 19.9 Å². The number of piperidine rings is 1. The fourth-order valence-corrected chi connectivity index (χ4v) is 5.32. The Morgan fingerprint density at radius 2 is 1.73 bits per heavy atom. The van der Waals surface area contributed by atoms with Crippen LogP contribution >= 0.6 is 0 Å². The van der Waals surface area contributed by atoms with Crippen molar-refractivity contribution in [3.63, 3.8) is 0 Å². The summed E-state index contributed by atoms with van der Waals surface area (Å²) in [6, 6.07) is 12.1. The van der Waals surface area contributed by atoms with Gasteiger partial charge < -0.3 is 14.8 Å². The topological polar surface area (TPSA) is 84.9 Å². The molecule has 1 saturated heterocycles. The molecule has 7 nitrogen and oxygen atoms in total. The molecule has 3 rings (SSSR count). The average Bonchev–Trinajstić information content (AvgIpc) is 2.78. The number of nitrogens with one attached hydrogen (secondary N) is 1. The summed E-state index contributed by atoms with van der Waals surface area (Å²) in [7, 11) is -0.521. The van der Waals surface area contributed by atoms with Gasteiger partial charge in [-0.2, -0.15) is 4.31 Å². The summed E-state index contributed by atoms with van der Waals surface area (Å²) in [6.07, 6.45) is 3.37. The van der Waals surface area contributed by atoms with Crippen LogP contribution in [0.1, 0.15) is 31.2 Å². The third-order valence-electron chi connectivity index (χ3n) is 5.20. The third-order valence-corrected chi connectivity index (χ3v) is 7.16. The number of carbonyl (C=O) groups is 1. The Kier molecular flexibility index (Phi) is 7.33. The van der Waals surface area contributed by atoms with Crippen molar-refractivity contribution in [3.05, 3.63) is 48.0 Å². The van der Waals surface area contributed by atoms with Crippen LogP contribution < -0.4 is 14.8 Å². The maximum Gasteiger partial charge on any atom is 0.245 e. The van der Waals surface area contributed by atoms with Crippen LogP contribution in [0.25, 0.3) is 0 Å². The fourth-order valence-electron chi connectivity index (χ4n) is 3.65. The Bertz CT molecular complexity index is 985. The van der Waals surface area contributed by atoms with E-state index in [9.17, 15) is 13.2 Å². The van der Waals surface area contributed by atoms with Gasteiger partial charge in [-0.1, -0.05) is 30.7 Å². The van der Waals surface area contributed by atoms with Crippen molar-refractivity contribution < 1.29 is 22.7 Å². The minimum Gasteiger partial charge on any atom is -0.493 e. The molecule has 1 aliphatic heterocycles. The summed E-state index contributed by atoms with van der Waals surface area (Å²) < 4.78 is 38.3. The molecule has 162 valence electrons. The predicted molar refractivity (Wildman–Crippen MR) is 116 cm³/mol. The van der Waals surface area contributed by atoms with E-state index in [1.54, 1.807) is 44.6 Å². The molecular weight excluding hydrogens is 404 g/mol. The number of sulfonamides is 1. The van der Waals surface area contributed by atoms with Gasteiger partial charge >= 0.3 is 0 Å². The molecule has 0 saturated carbocycles. The van der Waals surface area contributed by atoms with Gasteiger partial charge in [0.2, 0.25) is 15.9 Å². The zero-order valence-electron chi connectivity index (χ0n) is 17.4. The summed E-state index contributed by atoms with van der Waals surface area (Å²) >= 11 is 0. The predicted octanol–water partition coefficient (Wildman–Crippen LogP) is 3.45. The smallest absolute Gasteiger partial charge is 0.245 e. The summed E-state index contributed by atoms with van der Waals surface area (Å²) in [4.78, 5) is 12.7. The molecule has 1 aliphatic rings.